The van der Waals surface area contributed by atoms with Gasteiger partial charge in [0.25, 0.3) is 0 Å². The van der Waals surface area contributed by atoms with Crippen molar-refractivity contribution in [3.8, 4) is 0 Å². The maximum Gasteiger partial charge on any atom is 0.191 e. The molecule has 0 amide bonds. The number of hydrogen-bond acceptors (Lipinski definition) is 9. The summed E-state index contributed by atoms with van der Waals surface area (Å²) in [7, 11) is 0. The van der Waals surface area contributed by atoms with Crippen LogP contribution in [0, 0.1) is 11.6 Å². The first-order valence-electron chi connectivity index (χ1n) is 14.4. The van der Waals surface area contributed by atoms with Crippen LogP contribution in [0.4, 0.5) is 14.6 Å². The van der Waals surface area contributed by atoms with Crippen molar-refractivity contribution in [3.63, 3.8) is 0 Å². The number of ether oxygens (including phenoxy) is 1. The van der Waals surface area contributed by atoms with E-state index in [-0.39, 0.29) is 37.3 Å². The standard InChI is InChI=1S/C30H34F2N6O3S/c1-2-12-42-30-33-28(27-29(34-30)38(36-35-27)25-14-20(15-26(25)40)41-11-10-39)37(17-18-6-4-3-5-7-18)24-16-21(24)19-8-9-22(31)23(32)13-19/h3-9,13,20-21,24-26,39-40H,2,10-12,14-17H2,1H3. The second-order valence-corrected chi connectivity index (χ2v) is 12.0. The summed E-state index contributed by atoms with van der Waals surface area (Å²) in [5.41, 5.74) is 2.88. The largest absolute Gasteiger partial charge is 0.394 e. The molecule has 42 heavy (non-hydrogen) atoms. The maximum atomic E-state index is 14.1. The third-order valence-corrected chi connectivity index (χ3v) is 8.98. The molecule has 0 saturated heterocycles. The van der Waals surface area contributed by atoms with Crippen LogP contribution >= 0.6 is 11.8 Å². The predicted molar refractivity (Wildman–Crippen MR) is 155 cm³/mol. The first kappa shape index (κ1) is 28.9. The van der Waals surface area contributed by atoms with Gasteiger partial charge in [0.2, 0.25) is 0 Å². The maximum absolute atomic E-state index is 14.1. The summed E-state index contributed by atoms with van der Waals surface area (Å²) in [6.45, 7) is 2.76. The Morgan fingerprint density at radius 1 is 1.07 bits per heavy atom. The van der Waals surface area contributed by atoms with Crippen molar-refractivity contribution in [1.82, 2.24) is 25.0 Å². The Morgan fingerprint density at radius 2 is 1.90 bits per heavy atom. The van der Waals surface area contributed by atoms with E-state index in [1.165, 1.54) is 12.1 Å². The minimum absolute atomic E-state index is 0.00305. The molecule has 2 aliphatic rings. The minimum atomic E-state index is -0.859. The van der Waals surface area contributed by atoms with E-state index < -0.39 is 17.7 Å². The Hall–Kier alpha value is -3.19. The smallest absolute Gasteiger partial charge is 0.191 e. The zero-order valence-corrected chi connectivity index (χ0v) is 24.1. The van der Waals surface area contributed by atoms with Crippen molar-refractivity contribution in [2.45, 2.75) is 74.5 Å². The van der Waals surface area contributed by atoms with Crippen LogP contribution in [0.25, 0.3) is 11.2 Å². The van der Waals surface area contributed by atoms with E-state index in [2.05, 4.69) is 22.1 Å². The quantitative estimate of drug-likeness (QED) is 0.179. The molecule has 2 aromatic heterocycles. The van der Waals surface area contributed by atoms with Crippen molar-refractivity contribution in [2.24, 2.45) is 0 Å². The molecule has 2 N–H and O–H groups in total. The minimum Gasteiger partial charge on any atom is -0.394 e. The normalized spacial score (nSPS) is 23.5. The average Bonchev–Trinajstić information content (AvgIpc) is 3.54. The second kappa shape index (κ2) is 12.6. The average molecular weight is 597 g/mol. The Bertz CT molecular complexity index is 1530. The number of fused-ring (bicyclic) bond motifs is 1. The lowest BCUT2D eigenvalue weighted by Crippen LogP contribution is -2.28. The first-order valence-corrected chi connectivity index (χ1v) is 15.4. The monoisotopic (exact) mass is 596 g/mol. The fourth-order valence-corrected chi connectivity index (χ4v) is 6.49. The van der Waals surface area contributed by atoms with Crippen molar-refractivity contribution in [3.05, 3.63) is 71.3 Å². The molecule has 2 saturated carbocycles. The highest BCUT2D eigenvalue weighted by molar-refractivity contribution is 7.99. The van der Waals surface area contributed by atoms with Crippen LogP contribution in [0.2, 0.25) is 0 Å². The van der Waals surface area contributed by atoms with E-state index in [9.17, 15) is 13.9 Å². The highest BCUT2D eigenvalue weighted by Gasteiger charge is 2.45. The molecule has 0 bridgehead atoms. The third-order valence-electron chi connectivity index (χ3n) is 7.93. The van der Waals surface area contributed by atoms with E-state index in [4.69, 9.17) is 19.8 Å². The van der Waals surface area contributed by atoms with Gasteiger partial charge in [-0.25, -0.2) is 23.4 Å². The molecule has 0 radical (unpaired) electrons. The number of anilines is 1. The molecule has 2 heterocycles. The van der Waals surface area contributed by atoms with Crippen molar-refractivity contribution in [2.75, 3.05) is 23.9 Å². The van der Waals surface area contributed by atoms with E-state index in [1.807, 2.05) is 30.3 Å². The summed E-state index contributed by atoms with van der Waals surface area (Å²) in [5, 5.41) is 29.7. The van der Waals surface area contributed by atoms with Gasteiger partial charge in [0.1, 0.15) is 0 Å². The second-order valence-electron chi connectivity index (χ2n) is 10.9. The zero-order chi connectivity index (χ0) is 29.2. The molecule has 2 fully saturated rings. The molecular weight excluding hydrogens is 562 g/mol. The predicted octanol–water partition coefficient (Wildman–Crippen LogP) is 4.64. The molecule has 12 heteroatoms. The van der Waals surface area contributed by atoms with Gasteiger partial charge in [-0.1, -0.05) is 60.3 Å². The van der Waals surface area contributed by atoms with Crippen molar-refractivity contribution in [1.29, 1.82) is 0 Å². The fourth-order valence-electron chi connectivity index (χ4n) is 5.80. The van der Waals surface area contributed by atoms with E-state index in [1.54, 1.807) is 22.5 Å². The van der Waals surface area contributed by atoms with Crippen molar-refractivity contribution >= 4 is 28.7 Å². The van der Waals surface area contributed by atoms with Gasteiger partial charge in [-0.3, -0.25) is 0 Å². The molecule has 222 valence electrons. The molecule has 0 aliphatic heterocycles. The summed E-state index contributed by atoms with van der Waals surface area (Å²) in [6, 6.07) is 13.7. The summed E-state index contributed by atoms with van der Waals surface area (Å²) in [5.74, 6) is -0.257. The summed E-state index contributed by atoms with van der Waals surface area (Å²) in [4.78, 5) is 12.0. The first-order chi connectivity index (χ1) is 20.5. The summed E-state index contributed by atoms with van der Waals surface area (Å²) >= 11 is 1.55. The van der Waals surface area contributed by atoms with Crippen LogP contribution in [-0.4, -0.2) is 72.4 Å². The number of thioether (sulfide) groups is 1. The lowest BCUT2D eigenvalue weighted by Gasteiger charge is -2.25. The molecule has 4 aromatic rings. The van der Waals surface area contributed by atoms with Gasteiger partial charge in [-0.15, -0.1) is 5.10 Å². The molecule has 5 unspecified atom stereocenters. The van der Waals surface area contributed by atoms with Gasteiger partial charge < -0.3 is 19.8 Å². The molecule has 2 aromatic carbocycles. The van der Waals surface area contributed by atoms with Gasteiger partial charge in [0.05, 0.1) is 31.5 Å². The van der Waals surface area contributed by atoms with Crippen LogP contribution < -0.4 is 4.90 Å². The Balaban J connectivity index is 1.40. The van der Waals surface area contributed by atoms with Gasteiger partial charge in [0.15, 0.2) is 33.8 Å². The number of aromatic nitrogens is 5. The van der Waals surface area contributed by atoms with Crippen LogP contribution in [0.3, 0.4) is 0 Å². The Morgan fingerprint density at radius 3 is 2.67 bits per heavy atom. The van der Waals surface area contributed by atoms with E-state index >= 15 is 0 Å². The molecule has 6 rings (SSSR count). The van der Waals surface area contributed by atoms with Gasteiger partial charge >= 0.3 is 0 Å². The third kappa shape index (κ3) is 5.98. The number of aliphatic hydroxyl groups excluding tert-OH is 2. The van der Waals surface area contributed by atoms with Gasteiger partial charge in [0, 0.05) is 30.7 Å². The number of benzene rings is 2. The molecule has 9 nitrogen and oxygen atoms in total. The molecular formula is C30H34F2N6O3S. The zero-order valence-electron chi connectivity index (χ0n) is 23.3. The highest BCUT2D eigenvalue weighted by Crippen LogP contribution is 2.48. The number of hydrogen-bond donors (Lipinski definition) is 2. The van der Waals surface area contributed by atoms with Crippen LogP contribution in [0.1, 0.15) is 55.7 Å². The lowest BCUT2D eigenvalue weighted by molar-refractivity contribution is 0.0252. The number of aliphatic hydroxyl groups is 2. The number of rotatable bonds is 12. The van der Waals surface area contributed by atoms with Crippen LogP contribution in [0.5, 0.6) is 0 Å². The number of halogens is 2. The Kier molecular flexibility index (Phi) is 8.66. The number of nitrogens with zero attached hydrogens (tertiary/aromatic N) is 6. The highest BCUT2D eigenvalue weighted by atomic mass is 32.2. The van der Waals surface area contributed by atoms with Crippen LogP contribution in [-0.2, 0) is 11.3 Å². The fraction of sp³-hybridized carbons (Fsp3) is 0.467. The van der Waals surface area contributed by atoms with Gasteiger partial charge in [-0.05, 0) is 42.5 Å². The molecule has 5 atom stereocenters. The Labute approximate surface area is 246 Å². The van der Waals surface area contributed by atoms with E-state index in [0.29, 0.717) is 41.5 Å². The topological polar surface area (TPSA) is 109 Å². The SMILES string of the molecule is CCCSc1nc(N(Cc2ccccc2)C2CC2c2ccc(F)c(F)c2)c2nnn(C3CC(OCCO)CC3O)c2n1. The van der Waals surface area contributed by atoms with E-state index in [0.717, 1.165) is 29.7 Å². The summed E-state index contributed by atoms with van der Waals surface area (Å²) in [6.07, 6.45) is 1.73. The molecule has 0 spiro atoms. The molecule has 2 aliphatic carbocycles. The van der Waals surface area contributed by atoms with Crippen molar-refractivity contribution < 1.29 is 23.7 Å². The van der Waals surface area contributed by atoms with Gasteiger partial charge in [-0.2, -0.15) is 0 Å². The van der Waals surface area contributed by atoms with Crippen LogP contribution in [0.15, 0.2) is 53.7 Å². The summed E-state index contributed by atoms with van der Waals surface area (Å²) < 4.78 is 35.2. The lowest BCUT2D eigenvalue weighted by atomic mass is 10.1.